The summed E-state index contributed by atoms with van der Waals surface area (Å²) in [6, 6.07) is 13.4. The number of halogens is 1. The van der Waals surface area contributed by atoms with E-state index >= 15 is 0 Å². The maximum atomic E-state index is 13.1. The van der Waals surface area contributed by atoms with E-state index in [1.807, 2.05) is 49.1 Å². The van der Waals surface area contributed by atoms with Crippen LogP contribution < -0.4 is 5.32 Å². The smallest absolute Gasteiger partial charge is 0.306 e. The zero-order valence-electron chi connectivity index (χ0n) is 18.6. The number of ether oxygens (including phenoxy) is 1. The van der Waals surface area contributed by atoms with Crippen molar-refractivity contribution in [1.29, 1.82) is 0 Å². The van der Waals surface area contributed by atoms with Crippen molar-refractivity contribution < 1.29 is 14.3 Å². The van der Waals surface area contributed by atoms with Gasteiger partial charge in [0.1, 0.15) is 11.0 Å². The molecule has 3 heterocycles. The molecule has 1 saturated carbocycles. The Kier molecular flexibility index (Phi) is 5.70. The largest absolute Gasteiger partial charge is 0.466 e. The highest BCUT2D eigenvalue weighted by molar-refractivity contribution is 6.29. The number of carbonyl (C=O) groups excluding carboxylic acids is 2. The number of likely N-dealkylation sites (tertiary alicyclic amines) is 1. The normalized spacial score (nSPS) is 22.2. The van der Waals surface area contributed by atoms with Gasteiger partial charge >= 0.3 is 5.97 Å². The maximum Gasteiger partial charge on any atom is 0.306 e. The molecule has 9 heteroatoms. The molecule has 0 radical (unpaired) electrons. The third-order valence-corrected chi connectivity index (χ3v) is 6.84. The van der Waals surface area contributed by atoms with Gasteiger partial charge in [-0.15, -0.1) is 0 Å². The third-order valence-electron chi connectivity index (χ3n) is 6.65. The number of carbonyl (C=O) groups is 2. The van der Waals surface area contributed by atoms with Gasteiger partial charge in [-0.3, -0.25) is 9.59 Å². The van der Waals surface area contributed by atoms with E-state index in [9.17, 15) is 9.59 Å². The Balaban J connectivity index is 1.30. The number of amides is 1. The molecule has 4 atom stereocenters. The minimum absolute atomic E-state index is 0.0123. The monoisotopic (exact) mass is 467 g/mol. The van der Waals surface area contributed by atoms with Gasteiger partial charge in [-0.05, 0) is 37.2 Å². The number of esters is 1. The molecule has 1 aliphatic carbocycles. The van der Waals surface area contributed by atoms with Crippen LogP contribution in [-0.2, 0) is 9.53 Å². The van der Waals surface area contributed by atoms with Crippen LogP contribution in [0.5, 0.6) is 0 Å². The highest BCUT2D eigenvalue weighted by Crippen LogP contribution is 2.53. The molecule has 2 aliphatic rings. The van der Waals surface area contributed by atoms with E-state index in [-0.39, 0.29) is 17.9 Å². The summed E-state index contributed by atoms with van der Waals surface area (Å²) < 4.78 is 6.68. The fourth-order valence-electron chi connectivity index (χ4n) is 4.89. The molecule has 8 nitrogen and oxygen atoms in total. The summed E-state index contributed by atoms with van der Waals surface area (Å²) in [7, 11) is 0. The van der Waals surface area contributed by atoms with Crippen LogP contribution in [0, 0.1) is 17.8 Å². The first kappa shape index (κ1) is 21.7. The molecule has 1 aliphatic heterocycles. The van der Waals surface area contributed by atoms with Gasteiger partial charge in [0.15, 0.2) is 11.3 Å². The minimum Gasteiger partial charge on any atom is -0.466 e. The SMILES string of the molecule is CCOC(=O)CC1C2CN(C(=O)c3cc4nc(Cl)cc(N[C@@H](C)c5ccccc5)n4n3)C[C@H]12. The second-order valence-corrected chi connectivity index (χ2v) is 9.14. The molecule has 172 valence electrons. The van der Waals surface area contributed by atoms with Crippen molar-refractivity contribution in [3.63, 3.8) is 0 Å². The number of fused-ring (bicyclic) bond motifs is 2. The van der Waals surface area contributed by atoms with Gasteiger partial charge in [-0.2, -0.15) is 9.61 Å². The fraction of sp³-hybridized carbons (Fsp3) is 0.417. The maximum absolute atomic E-state index is 13.1. The van der Waals surface area contributed by atoms with Crippen LogP contribution in [0.1, 0.15) is 42.4 Å². The topological polar surface area (TPSA) is 88.8 Å². The van der Waals surface area contributed by atoms with Gasteiger partial charge in [0.05, 0.1) is 6.61 Å². The first-order chi connectivity index (χ1) is 15.9. The molecule has 1 N–H and O–H groups in total. The molecular formula is C24H26ClN5O3. The van der Waals surface area contributed by atoms with Gasteiger partial charge in [0.25, 0.3) is 5.91 Å². The summed E-state index contributed by atoms with van der Waals surface area (Å²) in [4.78, 5) is 31.0. The number of anilines is 1. The number of benzene rings is 1. The average molecular weight is 468 g/mol. The van der Waals surface area contributed by atoms with Crippen LogP contribution in [-0.4, -0.2) is 51.1 Å². The molecule has 0 spiro atoms. The quantitative estimate of drug-likeness (QED) is 0.419. The standard InChI is InChI=1S/C24H26ClN5O3/c1-3-33-23(31)9-16-17-12-29(13-18(16)17)24(32)19-10-21-27-20(25)11-22(30(21)28-19)26-14(2)15-7-5-4-6-8-15/h4-8,10-11,14,16-18,26H,3,9,12-13H2,1-2H3/t14-,16?,17+,18?/m0/s1. The van der Waals surface area contributed by atoms with Crippen molar-refractivity contribution in [1.82, 2.24) is 19.5 Å². The predicted molar refractivity (Wildman–Crippen MR) is 124 cm³/mol. The summed E-state index contributed by atoms with van der Waals surface area (Å²) in [6.45, 7) is 5.55. The Hall–Kier alpha value is -3.13. The molecule has 1 amide bonds. The van der Waals surface area contributed by atoms with Crippen LogP contribution in [0.4, 0.5) is 5.82 Å². The van der Waals surface area contributed by atoms with E-state index in [0.29, 0.717) is 66.2 Å². The molecule has 3 aromatic rings. The van der Waals surface area contributed by atoms with E-state index in [4.69, 9.17) is 16.3 Å². The lowest BCUT2D eigenvalue weighted by molar-refractivity contribution is -0.143. The molecule has 1 aromatic carbocycles. The van der Waals surface area contributed by atoms with Gasteiger partial charge in [-0.1, -0.05) is 41.9 Å². The van der Waals surface area contributed by atoms with Crippen LogP contribution in [0.25, 0.3) is 5.65 Å². The lowest BCUT2D eigenvalue weighted by Crippen LogP contribution is -2.32. The number of nitrogens with one attached hydrogen (secondary N) is 1. The molecule has 2 aromatic heterocycles. The lowest BCUT2D eigenvalue weighted by atomic mass is 10.1. The molecule has 5 rings (SSSR count). The second kappa shape index (κ2) is 8.67. The minimum atomic E-state index is -0.150. The van der Waals surface area contributed by atoms with Crippen molar-refractivity contribution in [2.45, 2.75) is 26.3 Å². The first-order valence-electron chi connectivity index (χ1n) is 11.3. The molecule has 2 unspecified atom stereocenters. The van der Waals surface area contributed by atoms with E-state index in [0.717, 1.165) is 5.56 Å². The summed E-state index contributed by atoms with van der Waals surface area (Å²) in [5, 5.41) is 8.29. The molecule has 2 fully saturated rings. The van der Waals surface area contributed by atoms with Crippen LogP contribution in [0.2, 0.25) is 5.15 Å². The number of piperidine rings is 1. The predicted octanol–water partition coefficient (Wildman–Crippen LogP) is 3.83. The molecular weight excluding hydrogens is 442 g/mol. The van der Waals surface area contributed by atoms with Crippen molar-refractivity contribution in [2.24, 2.45) is 17.8 Å². The molecule has 33 heavy (non-hydrogen) atoms. The Labute approximate surface area is 196 Å². The number of rotatable bonds is 7. The summed E-state index contributed by atoms with van der Waals surface area (Å²) in [5.74, 6) is 1.45. The number of hydrogen-bond acceptors (Lipinski definition) is 6. The number of nitrogens with zero attached hydrogens (tertiary/aromatic N) is 4. The van der Waals surface area contributed by atoms with Crippen LogP contribution in [0.15, 0.2) is 42.5 Å². The third kappa shape index (κ3) is 4.27. The van der Waals surface area contributed by atoms with E-state index in [1.165, 1.54) is 0 Å². The van der Waals surface area contributed by atoms with E-state index in [2.05, 4.69) is 15.4 Å². The Morgan fingerprint density at radius 2 is 1.94 bits per heavy atom. The highest BCUT2D eigenvalue weighted by atomic mass is 35.5. The zero-order chi connectivity index (χ0) is 23.1. The summed E-state index contributed by atoms with van der Waals surface area (Å²) >= 11 is 6.25. The Morgan fingerprint density at radius 1 is 1.21 bits per heavy atom. The Morgan fingerprint density at radius 3 is 2.64 bits per heavy atom. The number of hydrogen-bond donors (Lipinski definition) is 1. The van der Waals surface area contributed by atoms with Gasteiger partial charge in [-0.25, -0.2) is 4.98 Å². The summed E-state index contributed by atoms with van der Waals surface area (Å²) in [5.41, 5.74) is 1.97. The van der Waals surface area contributed by atoms with Gasteiger partial charge in [0, 0.05) is 37.7 Å². The summed E-state index contributed by atoms with van der Waals surface area (Å²) in [6.07, 6.45) is 0.441. The van der Waals surface area contributed by atoms with E-state index in [1.54, 1.807) is 16.6 Å². The van der Waals surface area contributed by atoms with Crippen molar-refractivity contribution in [3.05, 3.63) is 58.9 Å². The first-order valence-corrected chi connectivity index (χ1v) is 11.6. The lowest BCUT2D eigenvalue weighted by Gasteiger charge is -2.18. The van der Waals surface area contributed by atoms with Gasteiger partial charge in [0.2, 0.25) is 0 Å². The second-order valence-electron chi connectivity index (χ2n) is 8.75. The fourth-order valence-corrected chi connectivity index (χ4v) is 5.08. The number of aromatic nitrogens is 3. The molecule has 1 saturated heterocycles. The van der Waals surface area contributed by atoms with Gasteiger partial charge < -0.3 is 15.0 Å². The Bertz CT molecular complexity index is 1190. The average Bonchev–Trinajstić information content (AvgIpc) is 3.15. The van der Waals surface area contributed by atoms with Crippen molar-refractivity contribution >= 4 is 34.9 Å². The van der Waals surface area contributed by atoms with Crippen LogP contribution >= 0.6 is 11.6 Å². The van der Waals surface area contributed by atoms with Crippen LogP contribution in [0.3, 0.4) is 0 Å². The van der Waals surface area contributed by atoms with Crippen molar-refractivity contribution in [3.8, 4) is 0 Å². The molecule has 0 bridgehead atoms. The highest BCUT2D eigenvalue weighted by Gasteiger charge is 2.57. The van der Waals surface area contributed by atoms with Crippen molar-refractivity contribution in [2.75, 3.05) is 25.0 Å². The zero-order valence-corrected chi connectivity index (χ0v) is 19.3. The van der Waals surface area contributed by atoms with E-state index < -0.39 is 0 Å².